The summed E-state index contributed by atoms with van der Waals surface area (Å²) < 4.78 is 0. The van der Waals surface area contributed by atoms with Gasteiger partial charge in [-0.3, -0.25) is 57.7 Å². The van der Waals surface area contributed by atoms with Gasteiger partial charge in [-0.05, 0) is 38.5 Å². The predicted octanol–water partition coefficient (Wildman–Crippen LogP) is -7.03. The molecular formula is C38H61N15O15. The first-order chi connectivity index (χ1) is 31.7. The lowest BCUT2D eigenvalue weighted by Gasteiger charge is -2.26. The minimum Gasteiger partial charge on any atom is -0.481 e. The van der Waals surface area contributed by atoms with Gasteiger partial charge in [0.2, 0.25) is 53.2 Å². The van der Waals surface area contributed by atoms with Gasteiger partial charge in [0.15, 0.2) is 5.96 Å². The maximum Gasteiger partial charge on any atom is 0.326 e. The van der Waals surface area contributed by atoms with Gasteiger partial charge in [0.1, 0.15) is 42.3 Å². The Morgan fingerprint density at radius 1 is 0.603 bits per heavy atom. The van der Waals surface area contributed by atoms with Crippen LogP contribution in [0.25, 0.3) is 0 Å². The maximum atomic E-state index is 13.6. The summed E-state index contributed by atoms with van der Waals surface area (Å²) >= 11 is 0. The number of guanidine groups is 1. The number of hydrogen-bond acceptors (Lipinski definition) is 15. The van der Waals surface area contributed by atoms with Crippen LogP contribution in [-0.2, 0) is 64.0 Å². The van der Waals surface area contributed by atoms with Crippen molar-refractivity contribution < 1.29 is 72.9 Å². The number of nitrogens with one attached hydrogen (secondary N) is 8. The summed E-state index contributed by atoms with van der Waals surface area (Å²) in [6.07, 6.45) is -1.43. The summed E-state index contributed by atoms with van der Waals surface area (Å²) in [6.45, 7) is 4.46. The summed E-state index contributed by atoms with van der Waals surface area (Å²) in [7, 11) is 0. The zero-order chi connectivity index (χ0) is 51.8. The molecule has 0 radical (unpaired) electrons. The lowest BCUT2D eigenvalue weighted by Crippen LogP contribution is -2.60. The highest BCUT2D eigenvalue weighted by atomic mass is 16.4. The highest BCUT2D eigenvalue weighted by Crippen LogP contribution is 2.09. The molecular weight excluding hydrogens is 907 g/mol. The second-order valence-electron chi connectivity index (χ2n) is 15.8. The number of imidazole rings is 1. The number of hydrogen-bond donors (Lipinski definition) is 16. The molecule has 1 rings (SSSR count). The van der Waals surface area contributed by atoms with Crippen molar-refractivity contribution in [3.05, 3.63) is 18.2 Å². The highest BCUT2D eigenvalue weighted by Gasteiger charge is 2.35. The fourth-order valence-electron chi connectivity index (χ4n) is 5.95. The van der Waals surface area contributed by atoms with Gasteiger partial charge in [-0.25, -0.2) is 9.78 Å². The van der Waals surface area contributed by atoms with Gasteiger partial charge in [0, 0.05) is 31.3 Å². The van der Waals surface area contributed by atoms with Gasteiger partial charge >= 0.3 is 17.9 Å². The van der Waals surface area contributed by atoms with E-state index in [0.717, 1.165) is 6.92 Å². The number of primary amides is 2. The monoisotopic (exact) mass is 967 g/mol. The van der Waals surface area contributed by atoms with E-state index in [1.54, 1.807) is 13.8 Å². The zero-order valence-electron chi connectivity index (χ0n) is 37.4. The van der Waals surface area contributed by atoms with Gasteiger partial charge in [-0.15, -0.1) is 0 Å². The zero-order valence-corrected chi connectivity index (χ0v) is 37.4. The Morgan fingerprint density at radius 2 is 1.07 bits per heavy atom. The van der Waals surface area contributed by atoms with Gasteiger partial charge in [0.05, 0.1) is 31.6 Å². The number of aromatic amines is 1. The summed E-state index contributed by atoms with van der Waals surface area (Å²) in [5, 5.41) is 43.8. The quantitative estimate of drug-likeness (QED) is 0.0181. The number of amides is 9. The summed E-state index contributed by atoms with van der Waals surface area (Å²) in [6, 6.07) is -13.1. The lowest BCUT2D eigenvalue weighted by atomic mass is 10.0. The van der Waals surface area contributed by atoms with E-state index in [-0.39, 0.29) is 50.5 Å². The van der Waals surface area contributed by atoms with Crippen molar-refractivity contribution in [2.45, 2.75) is 127 Å². The lowest BCUT2D eigenvalue weighted by molar-refractivity contribution is -0.143. The van der Waals surface area contributed by atoms with Crippen molar-refractivity contribution in [1.29, 1.82) is 0 Å². The number of aliphatic imine (C=N–C) groups is 1. The molecule has 0 aliphatic heterocycles. The van der Waals surface area contributed by atoms with Crippen LogP contribution in [0.2, 0.25) is 0 Å². The Labute approximate surface area is 387 Å². The normalized spacial score (nSPS) is 14.4. The molecule has 9 amide bonds. The molecule has 0 saturated carbocycles. The Kier molecular flexibility index (Phi) is 24.7. The molecule has 8 atom stereocenters. The highest BCUT2D eigenvalue weighted by molar-refractivity contribution is 6.00. The van der Waals surface area contributed by atoms with Crippen LogP contribution < -0.4 is 65.9 Å². The minimum absolute atomic E-state index is 0.0376. The van der Waals surface area contributed by atoms with E-state index in [1.807, 2.05) is 0 Å². The number of nitrogens with two attached hydrogens (primary N) is 5. The molecule has 8 unspecified atom stereocenters. The molecule has 21 N–H and O–H groups in total. The second-order valence-corrected chi connectivity index (χ2v) is 15.8. The molecule has 1 aromatic heterocycles. The predicted molar refractivity (Wildman–Crippen MR) is 233 cm³/mol. The van der Waals surface area contributed by atoms with Crippen LogP contribution in [0, 0.1) is 5.92 Å². The van der Waals surface area contributed by atoms with Crippen LogP contribution in [0.15, 0.2) is 17.5 Å². The van der Waals surface area contributed by atoms with Crippen LogP contribution in [0.1, 0.15) is 77.8 Å². The summed E-state index contributed by atoms with van der Waals surface area (Å²) in [4.78, 5) is 162. The Morgan fingerprint density at radius 3 is 1.54 bits per heavy atom. The Hall–Kier alpha value is -7.92. The molecule has 1 heterocycles. The van der Waals surface area contributed by atoms with E-state index in [1.165, 1.54) is 12.5 Å². The molecule has 68 heavy (non-hydrogen) atoms. The molecule has 1 aromatic rings. The third kappa shape index (κ3) is 22.8. The number of nitrogens with zero attached hydrogens (tertiary/aromatic N) is 2. The van der Waals surface area contributed by atoms with Crippen LogP contribution in [0.3, 0.4) is 0 Å². The van der Waals surface area contributed by atoms with E-state index in [2.05, 4.69) is 52.2 Å². The molecule has 30 nitrogen and oxygen atoms in total. The minimum atomic E-state index is -2.01. The van der Waals surface area contributed by atoms with Crippen molar-refractivity contribution in [2.75, 3.05) is 6.54 Å². The van der Waals surface area contributed by atoms with E-state index in [9.17, 15) is 67.7 Å². The molecule has 30 heteroatoms. The van der Waals surface area contributed by atoms with Crippen molar-refractivity contribution in [3.8, 4) is 0 Å². The number of carbonyl (C=O) groups excluding carboxylic acids is 9. The third-order valence-electron chi connectivity index (χ3n) is 9.36. The smallest absolute Gasteiger partial charge is 0.326 e. The molecule has 0 fully saturated rings. The molecule has 0 bridgehead atoms. The topological polar surface area (TPSA) is 521 Å². The Bertz CT molecular complexity index is 2010. The largest absolute Gasteiger partial charge is 0.481 e. The number of rotatable bonds is 32. The number of H-pyrrole nitrogens is 1. The summed E-state index contributed by atoms with van der Waals surface area (Å²) in [5.41, 5.74) is 27.3. The van der Waals surface area contributed by atoms with Gasteiger partial charge < -0.3 is 86.2 Å². The first-order valence-electron chi connectivity index (χ1n) is 20.8. The van der Waals surface area contributed by atoms with Crippen LogP contribution in [-0.4, -0.2) is 157 Å². The average Bonchev–Trinajstić information content (AvgIpc) is 3.74. The van der Waals surface area contributed by atoms with E-state index in [0.29, 0.717) is 5.69 Å². The number of carboxylic acids is 3. The summed E-state index contributed by atoms with van der Waals surface area (Å²) in [5.74, 6) is -15.0. The number of carbonyl (C=O) groups is 12. The van der Waals surface area contributed by atoms with Gasteiger partial charge in [-0.1, -0.05) is 13.8 Å². The molecule has 0 aromatic carbocycles. The second kappa shape index (κ2) is 28.9. The fourth-order valence-corrected chi connectivity index (χ4v) is 5.95. The van der Waals surface area contributed by atoms with Crippen molar-refractivity contribution in [3.63, 3.8) is 0 Å². The van der Waals surface area contributed by atoms with E-state index in [4.69, 9.17) is 33.8 Å². The van der Waals surface area contributed by atoms with Gasteiger partial charge in [0.25, 0.3) is 0 Å². The van der Waals surface area contributed by atoms with E-state index < -0.39 is 145 Å². The number of carboxylic acid groups (broad SMARTS) is 3. The van der Waals surface area contributed by atoms with Crippen molar-refractivity contribution in [2.24, 2.45) is 39.6 Å². The third-order valence-corrected chi connectivity index (χ3v) is 9.36. The van der Waals surface area contributed by atoms with Gasteiger partial charge in [-0.2, -0.15) is 0 Å². The molecule has 0 saturated heterocycles. The van der Waals surface area contributed by atoms with Crippen molar-refractivity contribution >= 4 is 77.0 Å². The van der Waals surface area contributed by atoms with Crippen LogP contribution >= 0.6 is 0 Å². The Balaban J connectivity index is 3.26. The molecule has 378 valence electrons. The number of aliphatic carboxylic acids is 3. The fraction of sp³-hybridized carbons (Fsp3) is 0.579. The van der Waals surface area contributed by atoms with Crippen molar-refractivity contribution in [1.82, 2.24) is 47.2 Å². The molecule has 0 aliphatic carbocycles. The van der Waals surface area contributed by atoms with Crippen LogP contribution in [0.5, 0.6) is 0 Å². The maximum absolute atomic E-state index is 13.6. The first-order valence-corrected chi connectivity index (χ1v) is 20.8. The molecule has 0 spiro atoms. The SMILES string of the molecule is CC(C)CC(NC(=O)C(N)CCC(=O)O)C(=O)NC(CC(N)=O)C(=O)NC(CC(=O)O)C(=O)NC(C)C(=O)NC(CC(N)=O)C(=O)NC(Cc1cnc[nH]1)C(=O)NC(CCCN=C(N)N)C(=O)O. The first kappa shape index (κ1) is 58.1. The number of aromatic nitrogens is 2. The average molecular weight is 968 g/mol. The van der Waals surface area contributed by atoms with E-state index >= 15 is 0 Å². The van der Waals surface area contributed by atoms with Crippen LogP contribution in [0.4, 0.5) is 0 Å². The standard InChI is InChI=1S/C38H61N15O15/c1-16(2)9-21(50-31(61)19(39)6-7-28(56)57)33(63)52-24(12-27(41)55)36(66)53-25(13-29(58)59)32(62)47-17(3)30(60)49-23(11-26(40)54)35(65)51-22(10-18-14-44-15-46-18)34(64)48-20(37(67)68)5-4-8-45-38(42)43/h14-17,19-25H,4-13,39H2,1-3H3,(H2,40,54)(H2,41,55)(H,44,46)(H,47,62)(H,48,64)(H,49,60)(H,50,61)(H,51,65)(H,52,63)(H,53,66)(H,56,57)(H,58,59)(H,67,68)(H4,42,43,45). The molecule has 0 aliphatic rings.